The van der Waals surface area contributed by atoms with Crippen LogP contribution in [0.1, 0.15) is 44.7 Å². The van der Waals surface area contributed by atoms with Gasteiger partial charge in [0.15, 0.2) is 0 Å². The number of aryl methyl sites for hydroxylation is 1. The molecule has 2 heterocycles. The maximum atomic E-state index is 13.4. The van der Waals surface area contributed by atoms with Crippen LogP contribution in [0.2, 0.25) is 0 Å². The van der Waals surface area contributed by atoms with Gasteiger partial charge >= 0.3 is 0 Å². The van der Waals surface area contributed by atoms with E-state index in [1.807, 2.05) is 84.6 Å². The lowest BCUT2D eigenvalue weighted by atomic mass is 10.1. The standard InChI is InChI=1S/C30H30N4O3/c1-21-11-13-25(14-12-21)34-20-27(28(32-34)23-8-6-10-26(18-23)37-2)29(35)31-19-22-7-5-9-24(17-22)30(36)33-15-3-4-16-33/h5-14,17-18,20H,3-4,15-16,19H2,1-2H3,(H,31,35). The molecule has 7 heteroatoms. The molecular weight excluding hydrogens is 464 g/mol. The summed E-state index contributed by atoms with van der Waals surface area (Å²) in [6, 6.07) is 23.0. The van der Waals surface area contributed by atoms with Gasteiger partial charge in [0, 0.05) is 37.0 Å². The van der Waals surface area contributed by atoms with E-state index in [1.54, 1.807) is 18.0 Å². The lowest BCUT2D eigenvalue weighted by Gasteiger charge is -2.15. The largest absolute Gasteiger partial charge is 0.497 e. The van der Waals surface area contributed by atoms with Crippen molar-refractivity contribution in [2.24, 2.45) is 0 Å². The molecule has 0 saturated carbocycles. The number of likely N-dealkylation sites (tertiary alicyclic amines) is 1. The molecule has 37 heavy (non-hydrogen) atoms. The third-order valence-corrected chi connectivity index (χ3v) is 6.62. The van der Waals surface area contributed by atoms with Gasteiger partial charge in [0.2, 0.25) is 0 Å². The van der Waals surface area contributed by atoms with Crippen LogP contribution in [0.25, 0.3) is 16.9 Å². The summed E-state index contributed by atoms with van der Waals surface area (Å²) in [7, 11) is 1.61. The summed E-state index contributed by atoms with van der Waals surface area (Å²) in [6.45, 7) is 3.93. The fraction of sp³-hybridized carbons (Fsp3) is 0.233. The zero-order valence-electron chi connectivity index (χ0n) is 21.1. The van der Waals surface area contributed by atoms with E-state index in [4.69, 9.17) is 9.84 Å². The Hall–Kier alpha value is -4.39. The number of hydrogen-bond acceptors (Lipinski definition) is 4. The highest BCUT2D eigenvalue weighted by Gasteiger charge is 2.21. The van der Waals surface area contributed by atoms with Gasteiger partial charge in [0.05, 0.1) is 18.4 Å². The molecule has 7 nitrogen and oxygen atoms in total. The van der Waals surface area contributed by atoms with Crippen molar-refractivity contribution >= 4 is 11.8 Å². The molecule has 0 aliphatic carbocycles. The van der Waals surface area contributed by atoms with Crippen LogP contribution in [0.3, 0.4) is 0 Å². The number of nitrogens with one attached hydrogen (secondary N) is 1. The molecule has 4 aromatic rings. The van der Waals surface area contributed by atoms with E-state index >= 15 is 0 Å². The Balaban J connectivity index is 1.40. The fourth-order valence-electron chi connectivity index (χ4n) is 4.55. The number of benzene rings is 3. The molecule has 0 spiro atoms. The first-order valence-corrected chi connectivity index (χ1v) is 12.5. The van der Waals surface area contributed by atoms with Crippen molar-refractivity contribution < 1.29 is 14.3 Å². The Morgan fingerprint density at radius 1 is 0.973 bits per heavy atom. The number of methoxy groups -OCH3 is 1. The quantitative estimate of drug-likeness (QED) is 0.391. The first-order chi connectivity index (χ1) is 18.0. The van der Waals surface area contributed by atoms with Gasteiger partial charge in [0.1, 0.15) is 11.4 Å². The Bertz CT molecular complexity index is 1420. The minimum absolute atomic E-state index is 0.0466. The van der Waals surface area contributed by atoms with Crippen molar-refractivity contribution in [2.45, 2.75) is 26.3 Å². The second kappa shape index (κ2) is 10.7. The molecule has 0 unspecified atom stereocenters. The highest BCUT2D eigenvalue weighted by molar-refractivity contribution is 6.00. The van der Waals surface area contributed by atoms with Gasteiger partial charge in [-0.05, 0) is 61.7 Å². The molecule has 1 aliphatic rings. The predicted molar refractivity (Wildman–Crippen MR) is 143 cm³/mol. The highest BCUT2D eigenvalue weighted by Crippen LogP contribution is 2.27. The smallest absolute Gasteiger partial charge is 0.255 e. The Labute approximate surface area is 216 Å². The fourth-order valence-corrected chi connectivity index (χ4v) is 4.55. The highest BCUT2D eigenvalue weighted by atomic mass is 16.5. The predicted octanol–water partition coefficient (Wildman–Crippen LogP) is 5.02. The van der Waals surface area contributed by atoms with Crippen LogP contribution < -0.4 is 10.1 Å². The zero-order chi connectivity index (χ0) is 25.8. The number of carbonyl (C=O) groups is 2. The molecule has 1 saturated heterocycles. The summed E-state index contributed by atoms with van der Waals surface area (Å²) >= 11 is 0. The molecule has 1 fully saturated rings. The Kier molecular flexibility index (Phi) is 7.03. The number of rotatable bonds is 7. The van der Waals surface area contributed by atoms with E-state index < -0.39 is 0 Å². The maximum absolute atomic E-state index is 13.4. The van der Waals surface area contributed by atoms with Gasteiger partial charge < -0.3 is 15.0 Å². The molecule has 1 N–H and O–H groups in total. The van der Waals surface area contributed by atoms with Crippen LogP contribution in [-0.4, -0.2) is 46.7 Å². The number of nitrogens with zero attached hydrogens (tertiary/aromatic N) is 3. The summed E-state index contributed by atoms with van der Waals surface area (Å²) in [5.41, 5.74) is 5.33. The van der Waals surface area contributed by atoms with Gasteiger partial charge in [-0.2, -0.15) is 5.10 Å². The third-order valence-electron chi connectivity index (χ3n) is 6.62. The zero-order valence-corrected chi connectivity index (χ0v) is 21.1. The lowest BCUT2D eigenvalue weighted by Crippen LogP contribution is -2.28. The molecule has 1 aliphatic heterocycles. The number of amides is 2. The topological polar surface area (TPSA) is 76.5 Å². The summed E-state index contributed by atoms with van der Waals surface area (Å²) in [4.78, 5) is 28.1. The van der Waals surface area contributed by atoms with E-state index in [9.17, 15) is 9.59 Å². The second-order valence-corrected chi connectivity index (χ2v) is 9.29. The molecular formula is C30H30N4O3. The Morgan fingerprint density at radius 3 is 2.49 bits per heavy atom. The van der Waals surface area contributed by atoms with Crippen LogP contribution in [0, 0.1) is 6.92 Å². The van der Waals surface area contributed by atoms with Gasteiger partial charge in [-0.25, -0.2) is 4.68 Å². The molecule has 5 rings (SSSR count). The van der Waals surface area contributed by atoms with Crippen molar-refractivity contribution in [1.29, 1.82) is 0 Å². The maximum Gasteiger partial charge on any atom is 0.255 e. The van der Waals surface area contributed by atoms with E-state index in [0.717, 1.165) is 48.3 Å². The van der Waals surface area contributed by atoms with Crippen molar-refractivity contribution in [2.75, 3.05) is 20.2 Å². The summed E-state index contributed by atoms with van der Waals surface area (Å²) in [5.74, 6) is 0.492. The first-order valence-electron chi connectivity index (χ1n) is 12.5. The minimum Gasteiger partial charge on any atom is -0.497 e. The minimum atomic E-state index is -0.243. The van der Waals surface area contributed by atoms with Crippen molar-refractivity contribution in [3.8, 4) is 22.7 Å². The molecule has 0 atom stereocenters. The van der Waals surface area contributed by atoms with Gasteiger partial charge in [0.25, 0.3) is 11.8 Å². The number of aromatic nitrogens is 2. The number of ether oxygens (including phenoxy) is 1. The molecule has 0 radical (unpaired) electrons. The van der Waals surface area contributed by atoms with E-state index in [0.29, 0.717) is 29.1 Å². The second-order valence-electron chi connectivity index (χ2n) is 9.29. The van der Waals surface area contributed by atoms with Crippen molar-refractivity contribution in [3.63, 3.8) is 0 Å². The van der Waals surface area contributed by atoms with E-state index in [2.05, 4.69) is 5.32 Å². The van der Waals surface area contributed by atoms with Gasteiger partial charge in [-0.15, -0.1) is 0 Å². The summed E-state index contributed by atoms with van der Waals surface area (Å²) in [6.07, 6.45) is 3.85. The number of carbonyl (C=O) groups excluding carboxylic acids is 2. The molecule has 2 amide bonds. The van der Waals surface area contributed by atoms with Gasteiger partial charge in [-0.1, -0.05) is 42.0 Å². The SMILES string of the molecule is COc1cccc(-c2nn(-c3ccc(C)cc3)cc2C(=O)NCc2cccc(C(=O)N3CCCC3)c2)c1. The third kappa shape index (κ3) is 5.40. The first kappa shape index (κ1) is 24.3. The Morgan fingerprint density at radius 2 is 1.73 bits per heavy atom. The average Bonchev–Trinajstić information content (AvgIpc) is 3.63. The monoisotopic (exact) mass is 494 g/mol. The van der Waals surface area contributed by atoms with E-state index in [-0.39, 0.29) is 11.8 Å². The van der Waals surface area contributed by atoms with Gasteiger partial charge in [-0.3, -0.25) is 9.59 Å². The van der Waals surface area contributed by atoms with Crippen LogP contribution in [0.15, 0.2) is 79.0 Å². The molecule has 188 valence electrons. The summed E-state index contributed by atoms with van der Waals surface area (Å²) < 4.78 is 7.11. The molecule has 1 aromatic heterocycles. The lowest BCUT2D eigenvalue weighted by molar-refractivity contribution is 0.0792. The van der Waals surface area contributed by atoms with Crippen molar-refractivity contribution in [1.82, 2.24) is 20.0 Å². The van der Waals surface area contributed by atoms with Crippen LogP contribution in [0.4, 0.5) is 0 Å². The summed E-state index contributed by atoms with van der Waals surface area (Å²) in [5, 5.41) is 7.78. The average molecular weight is 495 g/mol. The van der Waals surface area contributed by atoms with Crippen LogP contribution in [0.5, 0.6) is 5.75 Å². The molecule has 0 bridgehead atoms. The normalized spacial score (nSPS) is 13.0. The molecule has 3 aromatic carbocycles. The van der Waals surface area contributed by atoms with E-state index in [1.165, 1.54) is 0 Å². The van der Waals surface area contributed by atoms with Crippen LogP contribution in [-0.2, 0) is 6.54 Å². The van der Waals surface area contributed by atoms with Crippen molar-refractivity contribution in [3.05, 3.63) is 101 Å². The van der Waals surface area contributed by atoms with Crippen LogP contribution >= 0.6 is 0 Å². The number of hydrogen-bond donors (Lipinski definition) is 1.